The molecule has 0 heterocycles. The molecule has 0 aromatic heterocycles. The number of aliphatic carboxylic acids is 1. The van der Waals surface area contributed by atoms with Gasteiger partial charge in [0.1, 0.15) is 0 Å². The maximum atomic E-state index is 12.3. The van der Waals surface area contributed by atoms with E-state index < -0.39 is 5.97 Å². The van der Waals surface area contributed by atoms with Gasteiger partial charge in [0.2, 0.25) is 5.91 Å². The van der Waals surface area contributed by atoms with E-state index in [4.69, 9.17) is 5.11 Å². The van der Waals surface area contributed by atoms with Crippen LogP contribution in [0.2, 0.25) is 0 Å². The molecule has 2 rings (SSSR count). The third-order valence-corrected chi connectivity index (χ3v) is 3.98. The van der Waals surface area contributed by atoms with Gasteiger partial charge in [0.15, 0.2) is 0 Å². The molecule has 126 valence electrons. The van der Waals surface area contributed by atoms with Crippen molar-refractivity contribution in [3.8, 4) is 0 Å². The highest BCUT2D eigenvalue weighted by Crippen LogP contribution is 2.18. The lowest BCUT2D eigenvalue weighted by Crippen LogP contribution is -2.30. The zero-order valence-corrected chi connectivity index (χ0v) is 13.9. The van der Waals surface area contributed by atoms with Crippen molar-refractivity contribution in [1.29, 1.82) is 0 Å². The maximum absolute atomic E-state index is 12.3. The van der Waals surface area contributed by atoms with Gasteiger partial charge in [-0.2, -0.15) is 0 Å². The van der Waals surface area contributed by atoms with E-state index in [-0.39, 0.29) is 18.4 Å². The van der Waals surface area contributed by atoms with E-state index in [9.17, 15) is 9.59 Å². The number of amides is 1. The van der Waals surface area contributed by atoms with Gasteiger partial charge in [-0.3, -0.25) is 9.59 Å². The predicted molar refractivity (Wildman–Crippen MR) is 93.7 cm³/mol. The number of hydrogen-bond donors (Lipinski definition) is 2. The lowest BCUT2D eigenvalue weighted by atomic mass is 10.0. The first-order valence-electron chi connectivity index (χ1n) is 8.22. The number of carbonyl (C=O) groups excluding carboxylic acids is 1. The van der Waals surface area contributed by atoms with Crippen LogP contribution >= 0.6 is 0 Å². The number of benzene rings is 2. The van der Waals surface area contributed by atoms with Crippen molar-refractivity contribution < 1.29 is 14.7 Å². The predicted octanol–water partition coefficient (Wildman–Crippen LogP) is 3.51. The summed E-state index contributed by atoms with van der Waals surface area (Å²) in [5.41, 5.74) is 3.12. The molecule has 0 bridgehead atoms. The molecule has 1 unspecified atom stereocenters. The first-order chi connectivity index (χ1) is 11.6. The van der Waals surface area contributed by atoms with Gasteiger partial charge in [0, 0.05) is 6.42 Å². The Hall–Kier alpha value is -2.62. The van der Waals surface area contributed by atoms with Gasteiger partial charge in [-0.05, 0) is 29.5 Å². The molecule has 1 amide bonds. The average Bonchev–Trinajstić information content (AvgIpc) is 2.60. The number of aryl methyl sites for hydroxylation is 1. The van der Waals surface area contributed by atoms with Gasteiger partial charge in [-0.15, -0.1) is 0 Å². The van der Waals surface area contributed by atoms with E-state index in [1.165, 1.54) is 5.56 Å². The molecule has 2 N–H and O–H groups in total. The van der Waals surface area contributed by atoms with Gasteiger partial charge < -0.3 is 10.4 Å². The van der Waals surface area contributed by atoms with Gasteiger partial charge >= 0.3 is 5.97 Å². The highest BCUT2D eigenvalue weighted by Gasteiger charge is 2.16. The van der Waals surface area contributed by atoms with E-state index >= 15 is 0 Å². The smallest absolute Gasteiger partial charge is 0.303 e. The summed E-state index contributed by atoms with van der Waals surface area (Å²) in [5, 5.41) is 11.9. The minimum Gasteiger partial charge on any atom is -0.481 e. The Kier molecular flexibility index (Phi) is 6.55. The van der Waals surface area contributed by atoms with Gasteiger partial charge in [0.25, 0.3) is 0 Å². The fourth-order valence-electron chi connectivity index (χ4n) is 2.60. The van der Waals surface area contributed by atoms with E-state index in [0.29, 0.717) is 12.8 Å². The lowest BCUT2D eigenvalue weighted by Gasteiger charge is -2.18. The molecule has 0 saturated carbocycles. The van der Waals surface area contributed by atoms with Crippen LogP contribution in [-0.4, -0.2) is 17.0 Å². The fourth-order valence-corrected chi connectivity index (χ4v) is 2.60. The van der Waals surface area contributed by atoms with Crippen molar-refractivity contribution in [2.24, 2.45) is 0 Å². The summed E-state index contributed by atoms with van der Waals surface area (Å²) in [5.74, 6) is -0.959. The van der Waals surface area contributed by atoms with Crippen LogP contribution in [0, 0.1) is 0 Å². The molecule has 2 aromatic carbocycles. The Morgan fingerprint density at radius 1 is 1.00 bits per heavy atom. The standard InChI is InChI=1S/C20H23NO3/c1-2-15-8-10-16(11-9-15)14-19(22)21-18(12-13-20(23)24)17-6-4-3-5-7-17/h3-11,18H,2,12-14H2,1H3,(H,21,22)(H,23,24). The number of carbonyl (C=O) groups is 2. The SMILES string of the molecule is CCc1ccc(CC(=O)NC(CCC(=O)O)c2ccccc2)cc1. The molecule has 0 aliphatic carbocycles. The van der Waals surface area contributed by atoms with E-state index in [2.05, 4.69) is 12.2 Å². The highest BCUT2D eigenvalue weighted by atomic mass is 16.4. The largest absolute Gasteiger partial charge is 0.481 e. The molecule has 2 aromatic rings. The van der Waals surface area contributed by atoms with Crippen molar-refractivity contribution in [2.45, 2.75) is 38.6 Å². The number of carboxylic acids is 1. The third-order valence-electron chi connectivity index (χ3n) is 3.98. The van der Waals surface area contributed by atoms with Crippen LogP contribution in [0.5, 0.6) is 0 Å². The number of nitrogens with one attached hydrogen (secondary N) is 1. The molecule has 4 heteroatoms. The summed E-state index contributed by atoms with van der Waals surface area (Å²) in [6, 6.07) is 17.2. The summed E-state index contributed by atoms with van der Waals surface area (Å²) in [6.07, 6.45) is 1.66. The van der Waals surface area contributed by atoms with Crippen LogP contribution < -0.4 is 5.32 Å². The summed E-state index contributed by atoms with van der Waals surface area (Å²) >= 11 is 0. The van der Waals surface area contributed by atoms with Crippen LogP contribution in [0.15, 0.2) is 54.6 Å². The topological polar surface area (TPSA) is 66.4 Å². The van der Waals surface area contributed by atoms with Crippen molar-refractivity contribution in [1.82, 2.24) is 5.32 Å². The normalized spacial score (nSPS) is 11.7. The summed E-state index contributed by atoms with van der Waals surface area (Å²) < 4.78 is 0. The van der Waals surface area contributed by atoms with Crippen molar-refractivity contribution in [2.75, 3.05) is 0 Å². The Morgan fingerprint density at radius 3 is 2.21 bits per heavy atom. The second kappa shape index (κ2) is 8.87. The zero-order valence-electron chi connectivity index (χ0n) is 13.9. The Bertz CT molecular complexity index is 665. The van der Waals surface area contributed by atoms with Crippen molar-refractivity contribution in [3.63, 3.8) is 0 Å². The Morgan fingerprint density at radius 2 is 1.62 bits per heavy atom. The molecule has 0 aliphatic heterocycles. The molecule has 0 radical (unpaired) electrons. The first kappa shape index (κ1) is 17.7. The highest BCUT2D eigenvalue weighted by molar-refractivity contribution is 5.79. The molecule has 1 atom stereocenters. The third kappa shape index (κ3) is 5.54. The van der Waals surface area contributed by atoms with Crippen LogP contribution in [0.1, 0.15) is 42.5 Å². The fraction of sp³-hybridized carbons (Fsp3) is 0.300. The Labute approximate surface area is 142 Å². The summed E-state index contributed by atoms with van der Waals surface area (Å²) in [6.45, 7) is 2.09. The van der Waals surface area contributed by atoms with Crippen LogP contribution in [-0.2, 0) is 22.4 Å². The van der Waals surface area contributed by atoms with E-state index in [1.807, 2.05) is 54.6 Å². The van der Waals surface area contributed by atoms with Gasteiger partial charge in [0.05, 0.1) is 12.5 Å². The van der Waals surface area contributed by atoms with Crippen molar-refractivity contribution in [3.05, 3.63) is 71.3 Å². The Balaban J connectivity index is 2.01. The molecule has 0 fully saturated rings. The molecule has 0 saturated heterocycles. The molecule has 0 spiro atoms. The molecular weight excluding hydrogens is 302 g/mol. The average molecular weight is 325 g/mol. The summed E-state index contributed by atoms with van der Waals surface area (Å²) in [7, 11) is 0. The van der Waals surface area contributed by atoms with Crippen LogP contribution in [0.3, 0.4) is 0 Å². The minimum atomic E-state index is -0.861. The first-order valence-corrected chi connectivity index (χ1v) is 8.22. The second-order valence-electron chi connectivity index (χ2n) is 5.81. The monoisotopic (exact) mass is 325 g/mol. The molecule has 4 nitrogen and oxygen atoms in total. The molecule has 0 aliphatic rings. The van der Waals surface area contributed by atoms with Gasteiger partial charge in [-0.25, -0.2) is 0 Å². The van der Waals surface area contributed by atoms with Gasteiger partial charge in [-0.1, -0.05) is 61.5 Å². The number of rotatable bonds is 8. The quantitative estimate of drug-likeness (QED) is 0.780. The van der Waals surface area contributed by atoms with Crippen molar-refractivity contribution >= 4 is 11.9 Å². The summed E-state index contributed by atoms with van der Waals surface area (Å²) in [4.78, 5) is 23.2. The number of hydrogen-bond acceptors (Lipinski definition) is 2. The maximum Gasteiger partial charge on any atom is 0.303 e. The zero-order chi connectivity index (χ0) is 17.4. The second-order valence-corrected chi connectivity index (χ2v) is 5.81. The minimum absolute atomic E-state index is 0.0189. The molecule has 24 heavy (non-hydrogen) atoms. The van der Waals surface area contributed by atoms with Crippen LogP contribution in [0.25, 0.3) is 0 Å². The van der Waals surface area contributed by atoms with E-state index in [0.717, 1.165) is 17.5 Å². The molecular formula is C20H23NO3. The number of carboxylic acid groups (broad SMARTS) is 1. The lowest BCUT2D eigenvalue weighted by molar-refractivity contribution is -0.137. The van der Waals surface area contributed by atoms with Crippen LogP contribution in [0.4, 0.5) is 0 Å². The van der Waals surface area contributed by atoms with E-state index in [1.54, 1.807) is 0 Å².